The number of hydrogen-bond donors (Lipinski definition) is 2. The van der Waals surface area contributed by atoms with Gasteiger partial charge < -0.3 is 4.74 Å². The summed E-state index contributed by atoms with van der Waals surface area (Å²) in [6.45, 7) is 3.55. The molecule has 0 spiro atoms. The second-order valence-corrected chi connectivity index (χ2v) is 6.69. The summed E-state index contributed by atoms with van der Waals surface area (Å²) in [5.74, 6) is -0.809. The number of aromatic nitrogens is 2. The molecule has 1 heterocycles. The first-order valence-corrected chi connectivity index (χ1v) is 9.33. The van der Waals surface area contributed by atoms with Gasteiger partial charge in [0.15, 0.2) is 0 Å². The number of carbonyl (C=O) groups is 2. The van der Waals surface area contributed by atoms with Crippen LogP contribution in [0.2, 0.25) is 0 Å². The molecule has 0 bridgehead atoms. The number of nitrogens with one attached hydrogen (secondary N) is 2. The Bertz CT molecular complexity index is 915. The van der Waals surface area contributed by atoms with Gasteiger partial charge in [0, 0.05) is 5.69 Å². The van der Waals surface area contributed by atoms with Crippen LogP contribution in [-0.2, 0) is 20.9 Å². The summed E-state index contributed by atoms with van der Waals surface area (Å²) < 4.78 is 7.45. The molecule has 0 radical (unpaired) electrons. The molecule has 1 aromatic heterocycles. The molecule has 7 heteroatoms. The lowest BCUT2D eigenvalue weighted by Crippen LogP contribution is -2.45. The van der Waals surface area contributed by atoms with E-state index in [2.05, 4.69) is 16.0 Å². The topological polar surface area (TPSA) is 85.2 Å². The van der Waals surface area contributed by atoms with Gasteiger partial charge in [-0.05, 0) is 31.0 Å². The van der Waals surface area contributed by atoms with E-state index in [-0.39, 0.29) is 25.2 Å². The van der Waals surface area contributed by atoms with E-state index in [0.717, 1.165) is 22.5 Å². The number of benzene rings is 2. The number of hydrogen-bond acceptors (Lipinski definition) is 4. The van der Waals surface area contributed by atoms with E-state index in [1.165, 1.54) is 0 Å². The molecule has 0 unspecified atom stereocenters. The quantitative estimate of drug-likeness (QED) is 0.605. The van der Waals surface area contributed by atoms with Crippen molar-refractivity contribution in [3.63, 3.8) is 0 Å². The summed E-state index contributed by atoms with van der Waals surface area (Å²) in [5.41, 5.74) is 8.37. The molecule has 0 fully saturated rings. The van der Waals surface area contributed by atoms with Crippen LogP contribution in [0.1, 0.15) is 28.6 Å². The molecule has 0 aliphatic rings. The highest BCUT2D eigenvalue weighted by molar-refractivity contribution is 5.82. The predicted octanol–water partition coefficient (Wildman–Crippen LogP) is 2.45. The number of nitrogens with zero attached hydrogens (tertiary/aromatic N) is 2. The number of aryl methyl sites for hydroxylation is 2. The number of amides is 2. The summed E-state index contributed by atoms with van der Waals surface area (Å²) in [4.78, 5) is 24.2. The fraction of sp³-hybridized carbons (Fsp3) is 0.227. The maximum atomic E-state index is 12.2. The van der Waals surface area contributed by atoms with Crippen molar-refractivity contribution in [2.75, 3.05) is 6.61 Å². The van der Waals surface area contributed by atoms with Crippen molar-refractivity contribution >= 4 is 11.8 Å². The van der Waals surface area contributed by atoms with Gasteiger partial charge in [-0.3, -0.25) is 25.1 Å². The molecule has 2 amide bonds. The number of carbonyl (C=O) groups excluding carboxylic acids is 2. The maximum Gasteiger partial charge on any atom is 0.264 e. The van der Waals surface area contributed by atoms with Gasteiger partial charge in [-0.1, -0.05) is 60.7 Å². The summed E-state index contributed by atoms with van der Waals surface area (Å²) in [5, 5.41) is 4.22. The minimum atomic E-state index is -0.441. The Balaban J connectivity index is 1.54. The van der Waals surface area contributed by atoms with Crippen LogP contribution >= 0.6 is 0 Å². The van der Waals surface area contributed by atoms with Crippen molar-refractivity contribution in [2.45, 2.75) is 26.5 Å². The Labute approximate surface area is 169 Å². The highest BCUT2D eigenvalue weighted by Gasteiger charge is 2.16. The third-order valence-corrected chi connectivity index (χ3v) is 4.32. The fourth-order valence-corrected chi connectivity index (χ4v) is 2.99. The standard InChI is InChI=1S/C22H24N4O3/c1-16-13-17(2)26(25-16)14-20(27)23-24-21(28)15-29-22(18-9-5-3-6-10-18)19-11-7-4-8-12-19/h3-13,22H,14-15H2,1-2H3,(H,23,27)(H,24,28). The molecule has 2 aromatic carbocycles. The van der Waals surface area contributed by atoms with E-state index in [9.17, 15) is 9.59 Å². The van der Waals surface area contributed by atoms with Gasteiger partial charge in [-0.25, -0.2) is 0 Å². The molecule has 7 nitrogen and oxygen atoms in total. The molecule has 0 aliphatic heterocycles. The lowest BCUT2D eigenvalue weighted by Gasteiger charge is -2.19. The highest BCUT2D eigenvalue weighted by atomic mass is 16.5. The normalized spacial score (nSPS) is 10.7. The largest absolute Gasteiger partial charge is 0.359 e. The average Bonchev–Trinajstić information content (AvgIpc) is 3.05. The minimum Gasteiger partial charge on any atom is -0.359 e. The summed E-state index contributed by atoms with van der Waals surface area (Å²) in [6, 6.07) is 21.2. The Kier molecular flexibility index (Phi) is 6.76. The number of rotatable bonds is 7. The van der Waals surface area contributed by atoms with Crippen LogP contribution in [0.3, 0.4) is 0 Å². The van der Waals surface area contributed by atoms with Gasteiger partial charge >= 0.3 is 0 Å². The minimum absolute atomic E-state index is 0.0253. The van der Waals surface area contributed by atoms with E-state index in [1.807, 2.05) is 80.6 Å². The third kappa shape index (κ3) is 5.76. The molecule has 0 saturated heterocycles. The zero-order valence-electron chi connectivity index (χ0n) is 16.5. The van der Waals surface area contributed by atoms with Crippen molar-refractivity contribution in [1.82, 2.24) is 20.6 Å². The molecule has 0 aliphatic carbocycles. The second kappa shape index (κ2) is 9.66. The van der Waals surface area contributed by atoms with E-state index in [1.54, 1.807) is 4.68 Å². The van der Waals surface area contributed by atoms with Crippen LogP contribution in [0.15, 0.2) is 66.7 Å². The summed E-state index contributed by atoms with van der Waals surface area (Å²) in [7, 11) is 0. The first kappa shape index (κ1) is 20.3. The van der Waals surface area contributed by atoms with Crippen LogP contribution in [0, 0.1) is 13.8 Å². The Morgan fingerprint density at radius 1 is 0.931 bits per heavy atom. The van der Waals surface area contributed by atoms with Gasteiger partial charge in [0.25, 0.3) is 11.8 Å². The predicted molar refractivity (Wildman–Crippen MR) is 109 cm³/mol. The van der Waals surface area contributed by atoms with Gasteiger partial charge in [0.2, 0.25) is 0 Å². The zero-order valence-corrected chi connectivity index (χ0v) is 16.5. The Hall–Kier alpha value is -3.45. The average molecular weight is 392 g/mol. The molecule has 3 rings (SSSR count). The Morgan fingerprint density at radius 3 is 2.00 bits per heavy atom. The zero-order chi connectivity index (χ0) is 20.6. The molecule has 0 saturated carbocycles. The first-order chi connectivity index (χ1) is 14.0. The van der Waals surface area contributed by atoms with Crippen LogP contribution in [-0.4, -0.2) is 28.2 Å². The van der Waals surface area contributed by atoms with Gasteiger partial charge in [0.1, 0.15) is 19.3 Å². The Morgan fingerprint density at radius 2 is 1.48 bits per heavy atom. The monoisotopic (exact) mass is 392 g/mol. The van der Waals surface area contributed by atoms with Crippen LogP contribution in [0.5, 0.6) is 0 Å². The first-order valence-electron chi connectivity index (χ1n) is 9.33. The number of ether oxygens (including phenoxy) is 1. The van der Waals surface area contributed by atoms with Crippen molar-refractivity contribution in [2.24, 2.45) is 0 Å². The fourth-order valence-electron chi connectivity index (χ4n) is 2.99. The molecule has 29 heavy (non-hydrogen) atoms. The molecular weight excluding hydrogens is 368 g/mol. The van der Waals surface area contributed by atoms with Crippen LogP contribution < -0.4 is 10.9 Å². The summed E-state index contributed by atoms with van der Waals surface area (Å²) in [6.07, 6.45) is -0.381. The molecule has 150 valence electrons. The van der Waals surface area contributed by atoms with Gasteiger partial charge in [0.05, 0.1) is 5.69 Å². The van der Waals surface area contributed by atoms with E-state index in [0.29, 0.717) is 0 Å². The number of hydrazine groups is 1. The van der Waals surface area contributed by atoms with Gasteiger partial charge in [-0.2, -0.15) is 5.10 Å². The van der Waals surface area contributed by atoms with Crippen molar-refractivity contribution < 1.29 is 14.3 Å². The molecular formula is C22H24N4O3. The van der Waals surface area contributed by atoms with Crippen LogP contribution in [0.4, 0.5) is 0 Å². The highest BCUT2D eigenvalue weighted by Crippen LogP contribution is 2.25. The van der Waals surface area contributed by atoms with E-state index < -0.39 is 5.91 Å². The van der Waals surface area contributed by atoms with Crippen molar-refractivity contribution in [3.8, 4) is 0 Å². The second-order valence-electron chi connectivity index (χ2n) is 6.69. The molecule has 2 N–H and O–H groups in total. The van der Waals surface area contributed by atoms with Gasteiger partial charge in [-0.15, -0.1) is 0 Å². The summed E-state index contributed by atoms with van der Waals surface area (Å²) >= 11 is 0. The lowest BCUT2D eigenvalue weighted by molar-refractivity contribution is -0.132. The molecule has 3 aromatic rings. The van der Waals surface area contributed by atoms with Crippen molar-refractivity contribution in [3.05, 3.63) is 89.2 Å². The third-order valence-electron chi connectivity index (χ3n) is 4.32. The smallest absolute Gasteiger partial charge is 0.264 e. The maximum absolute atomic E-state index is 12.2. The molecule has 0 atom stereocenters. The van der Waals surface area contributed by atoms with Crippen LogP contribution in [0.25, 0.3) is 0 Å². The SMILES string of the molecule is Cc1cc(C)n(CC(=O)NNC(=O)COC(c2ccccc2)c2ccccc2)n1. The van der Waals surface area contributed by atoms with E-state index >= 15 is 0 Å². The van der Waals surface area contributed by atoms with E-state index in [4.69, 9.17) is 4.74 Å². The lowest BCUT2D eigenvalue weighted by atomic mass is 10.0. The van der Waals surface area contributed by atoms with Crippen molar-refractivity contribution in [1.29, 1.82) is 0 Å².